The number of piperazine rings is 1. The molecule has 2 aliphatic rings. The zero-order valence-electron chi connectivity index (χ0n) is 17.5. The number of hydrogen-bond donors (Lipinski definition) is 3. The maximum absolute atomic E-state index is 12.2. The molecule has 0 saturated carbocycles. The number of rotatable bonds is 3. The first-order valence-corrected chi connectivity index (χ1v) is 10.2. The maximum atomic E-state index is 12.2. The number of carboxylic acid groups (broad SMARTS) is 1. The quantitative estimate of drug-likeness (QED) is 0.664. The molecule has 0 spiro atoms. The molecule has 1 aromatic heterocycles. The smallest absolute Gasteiger partial charge is 0.405 e. The number of benzene rings is 1. The van der Waals surface area contributed by atoms with Gasteiger partial charge in [-0.3, -0.25) is 9.78 Å². The van der Waals surface area contributed by atoms with Crippen molar-refractivity contribution in [2.24, 2.45) is 0 Å². The molecule has 3 N–H and O–H groups in total. The van der Waals surface area contributed by atoms with Crippen LogP contribution in [0.1, 0.15) is 31.9 Å². The molecule has 2 amide bonds. The van der Waals surface area contributed by atoms with Gasteiger partial charge in [0, 0.05) is 50.4 Å². The van der Waals surface area contributed by atoms with E-state index in [1.54, 1.807) is 17.3 Å². The summed E-state index contributed by atoms with van der Waals surface area (Å²) in [5.74, 6) is 0.783. The minimum absolute atomic E-state index is 0. The van der Waals surface area contributed by atoms with E-state index >= 15 is 0 Å². The predicted molar refractivity (Wildman–Crippen MR) is 121 cm³/mol. The largest absolute Gasteiger partial charge is 0.465 e. The molecule has 31 heavy (non-hydrogen) atoms. The molecule has 0 unspecified atom stereocenters. The summed E-state index contributed by atoms with van der Waals surface area (Å²) >= 11 is 0. The molecule has 2 aliphatic heterocycles. The fourth-order valence-corrected chi connectivity index (χ4v) is 4.32. The number of fused-ring (bicyclic) bond motifs is 1. The lowest BCUT2D eigenvalue weighted by Crippen LogP contribution is -2.45. The zero-order valence-corrected chi connectivity index (χ0v) is 18.4. The summed E-state index contributed by atoms with van der Waals surface area (Å²) in [5.41, 5.74) is 3.05. The van der Waals surface area contributed by atoms with Crippen LogP contribution in [0.25, 0.3) is 11.3 Å². The SMILES string of the molecule is CC(=O)N1c2ccc(-c3cnc(N4CCNCC4)cn3)cc2[C@@H](NC(=O)O)C[C@H]1C.Cl. The Morgan fingerprint density at radius 1 is 1.19 bits per heavy atom. The Balaban J connectivity index is 0.00000272. The van der Waals surface area contributed by atoms with E-state index in [1.165, 1.54) is 6.92 Å². The van der Waals surface area contributed by atoms with Gasteiger partial charge in [-0.05, 0) is 31.0 Å². The van der Waals surface area contributed by atoms with E-state index in [-0.39, 0.29) is 24.4 Å². The molecule has 2 atom stereocenters. The highest BCUT2D eigenvalue weighted by Crippen LogP contribution is 2.39. The van der Waals surface area contributed by atoms with Gasteiger partial charge >= 0.3 is 6.09 Å². The fraction of sp³-hybridized carbons (Fsp3) is 0.429. The van der Waals surface area contributed by atoms with Gasteiger partial charge in [-0.15, -0.1) is 12.4 Å². The third-order valence-electron chi connectivity index (χ3n) is 5.69. The van der Waals surface area contributed by atoms with E-state index in [0.717, 1.165) is 48.8 Å². The third-order valence-corrected chi connectivity index (χ3v) is 5.69. The summed E-state index contributed by atoms with van der Waals surface area (Å²) in [6.45, 7) is 7.10. The predicted octanol–water partition coefficient (Wildman–Crippen LogP) is 2.43. The van der Waals surface area contributed by atoms with Crippen LogP contribution in [-0.4, -0.2) is 59.3 Å². The number of halogens is 1. The first kappa shape index (κ1) is 22.8. The highest BCUT2D eigenvalue weighted by molar-refractivity contribution is 5.94. The average molecular weight is 447 g/mol. The average Bonchev–Trinajstić information content (AvgIpc) is 2.73. The van der Waals surface area contributed by atoms with Gasteiger partial charge in [-0.25, -0.2) is 9.78 Å². The molecule has 0 aliphatic carbocycles. The van der Waals surface area contributed by atoms with E-state index in [9.17, 15) is 14.7 Å². The molecule has 9 nitrogen and oxygen atoms in total. The summed E-state index contributed by atoms with van der Waals surface area (Å²) in [5, 5.41) is 15.2. The molecule has 2 aromatic rings. The molecular weight excluding hydrogens is 420 g/mol. The molecule has 10 heteroatoms. The van der Waals surface area contributed by atoms with Gasteiger partial charge in [0.1, 0.15) is 5.82 Å². The van der Waals surface area contributed by atoms with Crippen LogP contribution in [-0.2, 0) is 4.79 Å². The second-order valence-corrected chi connectivity index (χ2v) is 7.75. The van der Waals surface area contributed by atoms with Crippen molar-refractivity contribution in [3.05, 3.63) is 36.2 Å². The molecular formula is C21H27ClN6O3. The lowest BCUT2D eigenvalue weighted by molar-refractivity contribution is -0.117. The van der Waals surface area contributed by atoms with Gasteiger partial charge in [0.05, 0.1) is 24.1 Å². The van der Waals surface area contributed by atoms with Crippen LogP contribution in [0.15, 0.2) is 30.6 Å². The number of carbonyl (C=O) groups excluding carboxylic acids is 1. The summed E-state index contributed by atoms with van der Waals surface area (Å²) in [7, 11) is 0. The van der Waals surface area contributed by atoms with Crippen molar-refractivity contribution in [1.29, 1.82) is 0 Å². The second kappa shape index (κ2) is 9.49. The van der Waals surface area contributed by atoms with Gasteiger partial charge in [0.2, 0.25) is 5.91 Å². The Bertz CT molecular complexity index is 949. The van der Waals surface area contributed by atoms with Crippen LogP contribution in [0, 0.1) is 0 Å². The van der Waals surface area contributed by atoms with E-state index in [1.807, 2.05) is 25.1 Å². The van der Waals surface area contributed by atoms with Crippen molar-refractivity contribution in [2.75, 3.05) is 36.0 Å². The highest BCUT2D eigenvalue weighted by atomic mass is 35.5. The van der Waals surface area contributed by atoms with Crippen molar-refractivity contribution in [2.45, 2.75) is 32.4 Å². The number of hydrogen-bond acceptors (Lipinski definition) is 6. The van der Waals surface area contributed by atoms with Crippen LogP contribution in [0.4, 0.5) is 16.3 Å². The van der Waals surface area contributed by atoms with Crippen molar-refractivity contribution in [3.63, 3.8) is 0 Å². The zero-order chi connectivity index (χ0) is 21.3. The normalized spacial score (nSPS) is 20.5. The monoisotopic (exact) mass is 446 g/mol. The van der Waals surface area contributed by atoms with Crippen LogP contribution >= 0.6 is 12.4 Å². The van der Waals surface area contributed by atoms with E-state index < -0.39 is 12.1 Å². The van der Waals surface area contributed by atoms with E-state index in [4.69, 9.17) is 0 Å². The van der Waals surface area contributed by atoms with Crippen molar-refractivity contribution in [1.82, 2.24) is 20.6 Å². The minimum atomic E-state index is -1.08. The summed E-state index contributed by atoms with van der Waals surface area (Å²) < 4.78 is 0. The standard InChI is InChI=1S/C21H26N6O3.ClH/c1-13-9-17(25-21(29)30)16-10-15(3-4-19(16)27(13)14(2)28)18-11-24-20(12-23-18)26-7-5-22-6-8-26;/h3-4,10-13,17,22,25H,5-9H2,1-2H3,(H,29,30);1H/t13-,17+;/m1./s1. The first-order valence-electron chi connectivity index (χ1n) is 10.2. The molecule has 3 heterocycles. The van der Waals surface area contributed by atoms with Crippen LogP contribution in [0.5, 0.6) is 0 Å². The second-order valence-electron chi connectivity index (χ2n) is 7.75. The van der Waals surface area contributed by atoms with Gasteiger partial charge in [-0.1, -0.05) is 6.07 Å². The van der Waals surface area contributed by atoms with Crippen molar-refractivity contribution < 1.29 is 14.7 Å². The molecule has 166 valence electrons. The van der Waals surface area contributed by atoms with Crippen molar-refractivity contribution >= 4 is 35.9 Å². The van der Waals surface area contributed by atoms with Gasteiger partial charge < -0.3 is 25.5 Å². The summed E-state index contributed by atoms with van der Waals surface area (Å²) in [6, 6.07) is 5.18. The number of nitrogens with zero attached hydrogens (tertiary/aromatic N) is 4. The Labute approximate surface area is 187 Å². The molecule has 0 bridgehead atoms. The Morgan fingerprint density at radius 2 is 1.94 bits per heavy atom. The van der Waals surface area contributed by atoms with E-state index in [2.05, 4.69) is 25.5 Å². The Hall–Kier alpha value is -2.91. The van der Waals surface area contributed by atoms with Crippen molar-refractivity contribution in [3.8, 4) is 11.3 Å². The number of amides is 2. The Kier molecular flexibility index (Phi) is 6.97. The third kappa shape index (κ3) is 4.72. The van der Waals surface area contributed by atoms with Crippen LogP contribution in [0.3, 0.4) is 0 Å². The van der Waals surface area contributed by atoms with Gasteiger partial charge in [0.25, 0.3) is 0 Å². The lowest BCUT2D eigenvalue weighted by atomic mass is 9.90. The minimum Gasteiger partial charge on any atom is -0.465 e. The number of aromatic nitrogens is 2. The number of carbonyl (C=O) groups is 2. The molecule has 1 saturated heterocycles. The van der Waals surface area contributed by atoms with E-state index in [0.29, 0.717) is 12.1 Å². The van der Waals surface area contributed by atoms with Gasteiger partial charge in [-0.2, -0.15) is 0 Å². The lowest BCUT2D eigenvalue weighted by Gasteiger charge is -2.39. The first-order chi connectivity index (χ1) is 14.4. The van der Waals surface area contributed by atoms with Gasteiger partial charge in [0.15, 0.2) is 0 Å². The molecule has 1 aromatic carbocycles. The van der Waals surface area contributed by atoms with Crippen LogP contribution in [0.2, 0.25) is 0 Å². The summed E-state index contributed by atoms with van der Waals surface area (Å²) in [6.07, 6.45) is 2.94. The fourth-order valence-electron chi connectivity index (χ4n) is 4.32. The maximum Gasteiger partial charge on any atom is 0.405 e. The molecule has 1 fully saturated rings. The molecule has 4 rings (SSSR count). The summed E-state index contributed by atoms with van der Waals surface area (Å²) in [4.78, 5) is 36.6. The number of anilines is 2. The topological polar surface area (TPSA) is 111 Å². The Morgan fingerprint density at radius 3 is 2.55 bits per heavy atom. The molecule has 0 radical (unpaired) electrons. The van der Waals surface area contributed by atoms with Crippen LogP contribution < -0.4 is 20.4 Å². The number of nitrogens with one attached hydrogen (secondary N) is 2. The highest BCUT2D eigenvalue weighted by Gasteiger charge is 2.33.